The van der Waals surface area contributed by atoms with Crippen LogP contribution in [0.25, 0.3) is 0 Å². The minimum atomic E-state index is -0.283. The molecule has 0 aliphatic heterocycles. The van der Waals surface area contributed by atoms with Crippen LogP contribution in [0, 0.1) is 0 Å². The van der Waals surface area contributed by atoms with Gasteiger partial charge in [-0.05, 0) is 6.42 Å². The molecule has 4 nitrogen and oxygen atoms in total. The largest absolute Gasteiger partial charge is 0.457 e. The number of ether oxygens (including phenoxy) is 3. The molecule has 4 heteroatoms. The summed E-state index contributed by atoms with van der Waals surface area (Å²) >= 11 is 0. The fourth-order valence-electron chi connectivity index (χ4n) is 1.25. The van der Waals surface area contributed by atoms with Crippen molar-refractivity contribution in [3.05, 3.63) is 0 Å². The van der Waals surface area contributed by atoms with Crippen molar-refractivity contribution in [1.82, 2.24) is 0 Å². The van der Waals surface area contributed by atoms with E-state index >= 15 is 0 Å². The Morgan fingerprint density at radius 3 is 2.20 bits per heavy atom. The van der Waals surface area contributed by atoms with E-state index in [1.165, 1.54) is 0 Å². The lowest BCUT2D eigenvalue weighted by Crippen LogP contribution is -2.27. The molecular weight excluding hydrogens is 196 g/mol. The van der Waals surface area contributed by atoms with E-state index in [-0.39, 0.29) is 12.1 Å². The monoisotopic (exact) mass is 218 g/mol. The smallest absolute Gasteiger partial charge is 0.306 e. The molecule has 0 aliphatic rings. The molecule has 0 saturated heterocycles. The maximum atomic E-state index is 11.3. The fraction of sp³-hybridized carbons (Fsp3) is 0.909. The number of esters is 1. The predicted octanol–water partition coefficient (Wildman–Crippen LogP) is 1.77. The maximum Gasteiger partial charge on any atom is 0.306 e. The average molecular weight is 218 g/mol. The van der Waals surface area contributed by atoms with Crippen LogP contribution < -0.4 is 0 Å². The Hall–Kier alpha value is -0.610. The number of carbonyl (C=O) groups excluding carboxylic acids is 1. The second kappa shape index (κ2) is 9.93. The van der Waals surface area contributed by atoms with E-state index in [0.29, 0.717) is 19.6 Å². The number of rotatable bonds is 9. The van der Waals surface area contributed by atoms with Crippen LogP contribution in [0.4, 0.5) is 0 Å². The van der Waals surface area contributed by atoms with Crippen LogP contribution in [0.5, 0.6) is 0 Å². The fourth-order valence-corrected chi connectivity index (χ4v) is 1.25. The lowest BCUT2D eigenvalue weighted by atomic mass is 10.2. The molecule has 0 aromatic carbocycles. The van der Waals surface area contributed by atoms with Gasteiger partial charge in [0.05, 0.1) is 13.2 Å². The third kappa shape index (κ3) is 8.39. The van der Waals surface area contributed by atoms with Crippen LogP contribution in [0.1, 0.15) is 32.6 Å². The van der Waals surface area contributed by atoms with Crippen LogP contribution in [-0.2, 0) is 19.0 Å². The number of hydrogen-bond donors (Lipinski definition) is 0. The Kier molecular flexibility index (Phi) is 9.52. The summed E-state index contributed by atoms with van der Waals surface area (Å²) in [5.41, 5.74) is 0. The van der Waals surface area contributed by atoms with Crippen molar-refractivity contribution in [2.45, 2.75) is 38.7 Å². The first-order valence-corrected chi connectivity index (χ1v) is 5.41. The Bertz CT molecular complexity index is 153. The standard InChI is InChI=1S/C11H22O4/c1-4-5-6-7-11(12)15-10(8-13-2)9-14-3/h10H,4-9H2,1-3H3. The molecule has 0 N–H and O–H groups in total. The average Bonchev–Trinajstić information content (AvgIpc) is 2.19. The van der Waals surface area contributed by atoms with Crippen molar-refractivity contribution in [3.63, 3.8) is 0 Å². The van der Waals surface area contributed by atoms with Gasteiger partial charge in [-0.1, -0.05) is 19.8 Å². The highest BCUT2D eigenvalue weighted by Crippen LogP contribution is 2.03. The van der Waals surface area contributed by atoms with Crippen molar-refractivity contribution >= 4 is 5.97 Å². The molecule has 0 bridgehead atoms. The second-order valence-electron chi connectivity index (χ2n) is 3.48. The first-order chi connectivity index (χ1) is 7.24. The van der Waals surface area contributed by atoms with Crippen LogP contribution in [-0.4, -0.2) is 39.5 Å². The van der Waals surface area contributed by atoms with Gasteiger partial charge in [-0.15, -0.1) is 0 Å². The van der Waals surface area contributed by atoms with Gasteiger partial charge in [0.2, 0.25) is 0 Å². The Morgan fingerprint density at radius 1 is 1.13 bits per heavy atom. The number of carbonyl (C=O) groups is 1. The molecule has 0 aliphatic carbocycles. The molecule has 0 aromatic heterocycles. The quantitative estimate of drug-likeness (QED) is 0.437. The molecule has 15 heavy (non-hydrogen) atoms. The van der Waals surface area contributed by atoms with Gasteiger partial charge in [0.25, 0.3) is 0 Å². The highest BCUT2D eigenvalue weighted by atomic mass is 16.6. The molecule has 0 fully saturated rings. The minimum Gasteiger partial charge on any atom is -0.457 e. The number of hydrogen-bond acceptors (Lipinski definition) is 4. The molecule has 0 saturated carbocycles. The van der Waals surface area contributed by atoms with E-state index in [0.717, 1.165) is 19.3 Å². The summed E-state index contributed by atoms with van der Waals surface area (Å²) in [4.78, 5) is 11.3. The molecule has 90 valence electrons. The van der Waals surface area contributed by atoms with Gasteiger partial charge in [-0.25, -0.2) is 0 Å². The molecule has 0 aromatic rings. The van der Waals surface area contributed by atoms with Crippen molar-refractivity contribution in [3.8, 4) is 0 Å². The summed E-state index contributed by atoms with van der Waals surface area (Å²) in [5.74, 6) is -0.164. The van der Waals surface area contributed by atoms with Gasteiger partial charge in [0.15, 0.2) is 0 Å². The summed E-state index contributed by atoms with van der Waals surface area (Å²) in [7, 11) is 3.15. The van der Waals surface area contributed by atoms with E-state index in [4.69, 9.17) is 14.2 Å². The van der Waals surface area contributed by atoms with Crippen molar-refractivity contribution in [2.24, 2.45) is 0 Å². The SMILES string of the molecule is CCCCCC(=O)OC(COC)COC. The second-order valence-corrected chi connectivity index (χ2v) is 3.48. The van der Waals surface area contributed by atoms with E-state index in [2.05, 4.69) is 6.92 Å². The normalized spacial score (nSPS) is 10.7. The van der Waals surface area contributed by atoms with Crippen LogP contribution in [0.3, 0.4) is 0 Å². The number of unbranched alkanes of at least 4 members (excludes halogenated alkanes) is 2. The van der Waals surface area contributed by atoms with E-state index in [9.17, 15) is 4.79 Å². The summed E-state index contributed by atoms with van der Waals surface area (Å²) < 4.78 is 15.0. The van der Waals surface area contributed by atoms with Gasteiger partial charge in [-0.3, -0.25) is 4.79 Å². The lowest BCUT2D eigenvalue weighted by Gasteiger charge is -2.15. The topological polar surface area (TPSA) is 44.8 Å². The highest BCUT2D eigenvalue weighted by molar-refractivity contribution is 5.69. The van der Waals surface area contributed by atoms with Gasteiger partial charge in [-0.2, -0.15) is 0 Å². The van der Waals surface area contributed by atoms with Crippen LogP contribution in [0.2, 0.25) is 0 Å². The van der Waals surface area contributed by atoms with E-state index in [1.807, 2.05) is 0 Å². The molecule has 0 amide bonds. The number of methoxy groups -OCH3 is 2. The molecular formula is C11H22O4. The zero-order valence-corrected chi connectivity index (χ0v) is 9.95. The van der Waals surface area contributed by atoms with Crippen LogP contribution >= 0.6 is 0 Å². The van der Waals surface area contributed by atoms with Gasteiger partial charge < -0.3 is 14.2 Å². The predicted molar refractivity (Wildman–Crippen MR) is 57.8 cm³/mol. The summed E-state index contributed by atoms with van der Waals surface area (Å²) in [6, 6.07) is 0. The van der Waals surface area contributed by atoms with Gasteiger partial charge in [0, 0.05) is 20.6 Å². The van der Waals surface area contributed by atoms with Gasteiger partial charge >= 0.3 is 5.97 Å². The Morgan fingerprint density at radius 2 is 1.73 bits per heavy atom. The van der Waals surface area contributed by atoms with Gasteiger partial charge in [0.1, 0.15) is 6.10 Å². The highest BCUT2D eigenvalue weighted by Gasteiger charge is 2.13. The summed E-state index contributed by atoms with van der Waals surface area (Å²) in [6.07, 6.45) is 3.26. The molecule has 0 heterocycles. The van der Waals surface area contributed by atoms with E-state index in [1.54, 1.807) is 14.2 Å². The molecule has 0 atom stereocenters. The molecule has 0 radical (unpaired) electrons. The first kappa shape index (κ1) is 14.4. The lowest BCUT2D eigenvalue weighted by molar-refractivity contribution is -0.154. The summed E-state index contributed by atoms with van der Waals surface area (Å²) in [5, 5.41) is 0. The van der Waals surface area contributed by atoms with Crippen molar-refractivity contribution in [2.75, 3.05) is 27.4 Å². The third-order valence-electron chi connectivity index (χ3n) is 1.99. The third-order valence-corrected chi connectivity index (χ3v) is 1.99. The van der Waals surface area contributed by atoms with Crippen LogP contribution in [0.15, 0.2) is 0 Å². The minimum absolute atomic E-state index is 0.164. The van der Waals surface area contributed by atoms with E-state index < -0.39 is 0 Å². The molecule has 0 rings (SSSR count). The zero-order valence-electron chi connectivity index (χ0n) is 9.95. The molecule has 0 unspecified atom stereocenters. The van der Waals surface area contributed by atoms with Crippen molar-refractivity contribution < 1.29 is 19.0 Å². The molecule has 0 spiro atoms. The maximum absolute atomic E-state index is 11.3. The first-order valence-electron chi connectivity index (χ1n) is 5.41. The van der Waals surface area contributed by atoms with Crippen molar-refractivity contribution in [1.29, 1.82) is 0 Å². The Labute approximate surface area is 91.9 Å². The summed E-state index contributed by atoms with van der Waals surface area (Å²) in [6.45, 7) is 2.87. The Balaban J connectivity index is 3.67. The zero-order chi connectivity index (χ0) is 11.5.